The van der Waals surface area contributed by atoms with Crippen molar-refractivity contribution in [2.45, 2.75) is 64.3 Å². The van der Waals surface area contributed by atoms with Gasteiger partial charge in [0.1, 0.15) is 6.33 Å². The maximum Gasteiger partial charge on any atom is 0.416 e. The van der Waals surface area contributed by atoms with Gasteiger partial charge in [0.05, 0.1) is 46.7 Å². The highest BCUT2D eigenvalue weighted by Crippen LogP contribution is 2.35. The van der Waals surface area contributed by atoms with E-state index in [1.807, 2.05) is 18.7 Å². The van der Waals surface area contributed by atoms with E-state index in [9.17, 15) is 34.8 Å². The SMILES string of the molecule is COC[C@@H](c1ccc(C(F)(F)F)cc1)N1CCN(C2(C)CCN(C(=O)c3c(C)ncnc3C)CC2)C[C@@H]1C.O=S(=O)(O)CCS(=O)(=O)O. The number of aromatic nitrogens is 2. The predicted molar refractivity (Wildman–Crippen MR) is 172 cm³/mol. The monoisotopic (exact) mass is 723 g/mol. The van der Waals surface area contributed by atoms with Gasteiger partial charge in [-0.3, -0.25) is 23.7 Å². The minimum atomic E-state index is -4.35. The van der Waals surface area contributed by atoms with E-state index in [1.54, 1.807) is 19.2 Å². The van der Waals surface area contributed by atoms with Gasteiger partial charge < -0.3 is 9.64 Å². The Bertz CT molecular complexity index is 1570. The number of likely N-dealkylation sites (tertiary alicyclic amines) is 1. The molecule has 4 rings (SSSR count). The van der Waals surface area contributed by atoms with Gasteiger partial charge >= 0.3 is 6.18 Å². The van der Waals surface area contributed by atoms with Crippen LogP contribution in [0.25, 0.3) is 0 Å². The Labute approximate surface area is 280 Å². The number of benzene rings is 1. The molecule has 0 radical (unpaired) electrons. The normalized spacial score (nSPS) is 20.1. The number of methoxy groups -OCH3 is 1. The third-order valence-corrected chi connectivity index (χ3v) is 10.7. The lowest BCUT2D eigenvalue weighted by Gasteiger charge is -2.52. The maximum absolute atomic E-state index is 13.2. The van der Waals surface area contributed by atoms with E-state index in [0.717, 1.165) is 50.2 Å². The van der Waals surface area contributed by atoms with Crippen LogP contribution in [0.4, 0.5) is 13.2 Å². The number of halogens is 3. The van der Waals surface area contributed by atoms with Gasteiger partial charge in [-0.2, -0.15) is 30.0 Å². The molecule has 1 aromatic carbocycles. The lowest BCUT2D eigenvalue weighted by atomic mass is 9.86. The summed E-state index contributed by atoms with van der Waals surface area (Å²) in [6.07, 6.45) is -1.12. The van der Waals surface area contributed by atoms with Crippen molar-refractivity contribution in [2.75, 3.05) is 57.9 Å². The summed E-state index contributed by atoms with van der Waals surface area (Å²) in [5.74, 6) is -1.96. The molecule has 2 N–H and O–H groups in total. The third-order valence-electron chi connectivity index (χ3n) is 8.96. The lowest BCUT2D eigenvalue weighted by Crippen LogP contribution is -2.62. The van der Waals surface area contributed by atoms with Crippen molar-refractivity contribution in [3.63, 3.8) is 0 Å². The smallest absolute Gasteiger partial charge is 0.383 e. The van der Waals surface area contributed by atoms with Crippen LogP contribution in [0.1, 0.15) is 65.6 Å². The molecule has 3 heterocycles. The molecular formula is C30H44F3N5O8S2. The number of aryl methyl sites for hydroxylation is 2. The molecule has 1 amide bonds. The fourth-order valence-corrected chi connectivity index (χ4v) is 7.82. The van der Waals surface area contributed by atoms with Crippen molar-refractivity contribution < 1.29 is 48.6 Å². The molecule has 2 atom stereocenters. The molecule has 2 aliphatic rings. The van der Waals surface area contributed by atoms with E-state index in [0.29, 0.717) is 36.6 Å². The molecule has 2 aliphatic heterocycles. The summed E-state index contributed by atoms with van der Waals surface area (Å²) in [5, 5.41) is 0. The summed E-state index contributed by atoms with van der Waals surface area (Å²) in [6, 6.07) is 5.52. The number of ether oxygens (including phenoxy) is 1. The number of piperidine rings is 1. The summed E-state index contributed by atoms with van der Waals surface area (Å²) < 4.78 is 100. The Hall–Kier alpha value is -2.74. The van der Waals surface area contributed by atoms with Crippen molar-refractivity contribution in [1.82, 2.24) is 24.7 Å². The number of hydrogen-bond donors (Lipinski definition) is 2. The van der Waals surface area contributed by atoms with Crippen molar-refractivity contribution in [3.05, 3.63) is 58.7 Å². The average molecular weight is 724 g/mol. The molecule has 1 aromatic heterocycles. The number of piperazine rings is 1. The first-order valence-electron chi connectivity index (χ1n) is 15.3. The molecular weight excluding hydrogens is 679 g/mol. The highest BCUT2D eigenvalue weighted by Gasteiger charge is 2.41. The van der Waals surface area contributed by atoms with E-state index in [1.165, 1.54) is 6.33 Å². The molecule has 0 unspecified atom stereocenters. The maximum atomic E-state index is 13.2. The molecule has 2 saturated heterocycles. The molecule has 0 spiro atoms. The van der Waals surface area contributed by atoms with Crippen LogP contribution in [0.3, 0.4) is 0 Å². The van der Waals surface area contributed by atoms with E-state index >= 15 is 0 Å². The second-order valence-electron chi connectivity index (χ2n) is 12.4. The van der Waals surface area contributed by atoms with Gasteiger partial charge in [-0.05, 0) is 58.2 Å². The molecule has 270 valence electrons. The van der Waals surface area contributed by atoms with Gasteiger partial charge in [-0.1, -0.05) is 12.1 Å². The number of alkyl halides is 3. The summed E-state index contributed by atoms with van der Waals surface area (Å²) in [6.45, 7) is 12.4. The zero-order chi connectivity index (χ0) is 36.1. The quantitative estimate of drug-likeness (QED) is 0.363. The Kier molecular flexibility index (Phi) is 13.1. The highest BCUT2D eigenvalue weighted by molar-refractivity contribution is 7.89. The number of rotatable bonds is 9. The second kappa shape index (κ2) is 15.9. The van der Waals surface area contributed by atoms with Gasteiger partial charge in [-0.15, -0.1) is 0 Å². The van der Waals surface area contributed by atoms with Crippen molar-refractivity contribution in [3.8, 4) is 0 Å². The molecule has 48 heavy (non-hydrogen) atoms. The molecule has 2 fully saturated rings. The first-order chi connectivity index (χ1) is 22.1. The molecule has 13 nitrogen and oxygen atoms in total. The van der Waals surface area contributed by atoms with Crippen LogP contribution in [0.15, 0.2) is 30.6 Å². The van der Waals surface area contributed by atoms with Gasteiger partial charge in [0.2, 0.25) is 0 Å². The van der Waals surface area contributed by atoms with Crippen LogP contribution in [0.2, 0.25) is 0 Å². The van der Waals surface area contributed by atoms with E-state index < -0.39 is 43.5 Å². The molecule has 0 bridgehead atoms. The van der Waals surface area contributed by atoms with E-state index in [4.69, 9.17) is 13.8 Å². The molecule has 0 saturated carbocycles. The standard InChI is InChI=1S/C28H38F3N5O2.C2H6O6S2/c1-19-16-35(14-15-36(19)24(17-38-5)22-6-8-23(9-7-22)28(29,30)31)27(4)10-12-34(13-11-27)26(37)25-20(2)32-18-33-21(25)3;3-9(4,5)1-2-10(6,7)8/h6-9,18-19,24H,10-17H2,1-5H3;1-2H2,(H,3,4,5)(H,6,7,8)/t19-,24-;/m0./s1. The third kappa shape index (κ3) is 10.9. The van der Waals surface area contributed by atoms with Gasteiger partial charge in [0.15, 0.2) is 0 Å². The lowest BCUT2D eigenvalue weighted by molar-refractivity contribution is -0.137. The zero-order valence-corrected chi connectivity index (χ0v) is 29.3. The molecule has 2 aromatic rings. The van der Waals surface area contributed by atoms with Crippen molar-refractivity contribution in [2.24, 2.45) is 0 Å². The van der Waals surface area contributed by atoms with Gasteiger partial charge in [0, 0.05) is 51.4 Å². The fraction of sp³-hybridized carbons (Fsp3) is 0.633. The number of carbonyl (C=O) groups excluding carboxylic acids is 1. The summed E-state index contributed by atoms with van der Waals surface area (Å²) in [7, 11) is -6.97. The topological polar surface area (TPSA) is 171 Å². The molecule has 18 heteroatoms. The number of carbonyl (C=O) groups is 1. The number of amides is 1. The Morgan fingerprint density at radius 3 is 1.94 bits per heavy atom. The largest absolute Gasteiger partial charge is 0.416 e. The first-order valence-corrected chi connectivity index (χ1v) is 18.5. The van der Waals surface area contributed by atoms with E-state index in [2.05, 4.69) is 33.6 Å². The second-order valence-corrected chi connectivity index (χ2v) is 15.5. The Balaban J connectivity index is 0.000000542. The summed E-state index contributed by atoms with van der Waals surface area (Å²) in [4.78, 5) is 28.4. The molecule has 0 aliphatic carbocycles. The van der Waals surface area contributed by atoms with Crippen LogP contribution in [0, 0.1) is 13.8 Å². The van der Waals surface area contributed by atoms with Crippen LogP contribution in [-0.4, -0.2) is 126 Å². The Morgan fingerprint density at radius 1 is 0.979 bits per heavy atom. The minimum absolute atomic E-state index is 0.000198. The average Bonchev–Trinajstić information content (AvgIpc) is 2.99. The summed E-state index contributed by atoms with van der Waals surface area (Å²) in [5.41, 5.74) is 2.18. The van der Waals surface area contributed by atoms with E-state index in [-0.39, 0.29) is 23.5 Å². The first kappa shape index (κ1) is 39.7. The summed E-state index contributed by atoms with van der Waals surface area (Å²) >= 11 is 0. The zero-order valence-electron chi connectivity index (χ0n) is 27.6. The van der Waals surface area contributed by atoms with Crippen LogP contribution >= 0.6 is 0 Å². The number of hydrogen-bond acceptors (Lipinski definition) is 10. The highest BCUT2D eigenvalue weighted by atomic mass is 32.2. The number of nitrogens with zero attached hydrogens (tertiary/aromatic N) is 5. The van der Waals surface area contributed by atoms with Crippen molar-refractivity contribution in [1.29, 1.82) is 0 Å². The Morgan fingerprint density at radius 2 is 1.50 bits per heavy atom. The van der Waals surface area contributed by atoms with Crippen molar-refractivity contribution >= 4 is 26.1 Å². The van der Waals surface area contributed by atoms with Gasteiger partial charge in [0.25, 0.3) is 26.1 Å². The fourth-order valence-electron chi connectivity index (χ4n) is 6.14. The van der Waals surface area contributed by atoms with Crippen LogP contribution < -0.4 is 0 Å². The van der Waals surface area contributed by atoms with Crippen LogP contribution in [0.5, 0.6) is 0 Å². The van der Waals surface area contributed by atoms with Gasteiger partial charge in [-0.25, -0.2) is 9.97 Å². The minimum Gasteiger partial charge on any atom is -0.383 e. The van der Waals surface area contributed by atoms with Crippen LogP contribution in [-0.2, 0) is 31.1 Å². The predicted octanol–water partition coefficient (Wildman–Crippen LogP) is 3.26.